The highest BCUT2D eigenvalue weighted by atomic mass is 15.2. The molecule has 2 atom stereocenters. The van der Waals surface area contributed by atoms with Gasteiger partial charge in [0, 0.05) is 25.2 Å². The lowest BCUT2D eigenvalue weighted by Gasteiger charge is -2.22. The van der Waals surface area contributed by atoms with Gasteiger partial charge in [0.1, 0.15) is 0 Å². The van der Waals surface area contributed by atoms with E-state index < -0.39 is 0 Å². The summed E-state index contributed by atoms with van der Waals surface area (Å²) in [6.45, 7) is 3.72. The average Bonchev–Trinajstić information content (AvgIpc) is 3.05. The topological polar surface area (TPSA) is 15.3 Å². The summed E-state index contributed by atoms with van der Waals surface area (Å²) in [6, 6.07) is 10.6. The first-order valence-electron chi connectivity index (χ1n) is 7.97. The standard InChI is InChI=1S/C17H24N2/c1-2-5-15(13-7-8-13)14(4-1)12-18-16-9-11-19-10-3-6-17(16)19/h1-2,4-5,13,16-18H,3,6-12H2. The molecule has 2 heteroatoms. The van der Waals surface area contributed by atoms with Gasteiger partial charge in [0.25, 0.3) is 0 Å². The summed E-state index contributed by atoms with van der Waals surface area (Å²) in [7, 11) is 0. The zero-order valence-electron chi connectivity index (χ0n) is 11.6. The van der Waals surface area contributed by atoms with Crippen LogP contribution < -0.4 is 5.32 Å². The molecule has 0 aromatic heterocycles. The van der Waals surface area contributed by atoms with Crippen molar-refractivity contribution in [1.29, 1.82) is 0 Å². The van der Waals surface area contributed by atoms with E-state index in [1.807, 2.05) is 0 Å². The molecule has 2 unspecified atom stereocenters. The molecule has 0 bridgehead atoms. The number of hydrogen-bond acceptors (Lipinski definition) is 2. The Balaban J connectivity index is 1.42. The van der Waals surface area contributed by atoms with Crippen LogP contribution >= 0.6 is 0 Å². The molecule has 0 spiro atoms. The summed E-state index contributed by atoms with van der Waals surface area (Å²) in [5.74, 6) is 0.865. The van der Waals surface area contributed by atoms with Crippen LogP contribution in [-0.4, -0.2) is 30.1 Å². The van der Waals surface area contributed by atoms with Crippen LogP contribution in [-0.2, 0) is 6.54 Å². The molecular weight excluding hydrogens is 232 g/mol. The molecular formula is C17H24N2. The van der Waals surface area contributed by atoms with Crippen molar-refractivity contribution in [1.82, 2.24) is 10.2 Å². The lowest BCUT2D eigenvalue weighted by molar-refractivity contribution is 0.298. The number of benzene rings is 1. The van der Waals surface area contributed by atoms with E-state index in [1.165, 1.54) is 45.2 Å². The predicted molar refractivity (Wildman–Crippen MR) is 78.3 cm³/mol. The lowest BCUT2D eigenvalue weighted by atomic mass is 10.0. The van der Waals surface area contributed by atoms with Gasteiger partial charge in [-0.05, 0) is 55.7 Å². The third-order valence-electron chi connectivity index (χ3n) is 5.23. The molecule has 2 nitrogen and oxygen atoms in total. The van der Waals surface area contributed by atoms with E-state index in [2.05, 4.69) is 34.5 Å². The second-order valence-electron chi connectivity index (χ2n) is 6.49. The molecule has 2 saturated heterocycles. The van der Waals surface area contributed by atoms with Gasteiger partial charge in [0.05, 0.1) is 0 Å². The van der Waals surface area contributed by atoms with E-state index in [9.17, 15) is 0 Å². The normalized spacial score (nSPS) is 30.7. The van der Waals surface area contributed by atoms with Crippen molar-refractivity contribution < 1.29 is 0 Å². The van der Waals surface area contributed by atoms with Crippen LogP contribution in [0, 0.1) is 0 Å². The molecule has 1 saturated carbocycles. The van der Waals surface area contributed by atoms with Gasteiger partial charge < -0.3 is 5.32 Å². The largest absolute Gasteiger partial charge is 0.308 e. The highest BCUT2D eigenvalue weighted by molar-refractivity contribution is 5.33. The summed E-state index contributed by atoms with van der Waals surface area (Å²) in [5.41, 5.74) is 3.15. The van der Waals surface area contributed by atoms with Gasteiger partial charge in [0.2, 0.25) is 0 Å². The van der Waals surface area contributed by atoms with Crippen LogP contribution in [0.25, 0.3) is 0 Å². The summed E-state index contributed by atoms with van der Waals surface area (Å²) in [6.07, 6.45) is 6.95. The first kappa shape index (κ1) is 11.9. The Morgan fingerprint density at radius 3 is 2.84 bits per heavy atom. The Kier molecular flexibility index (Phi) is 3.08. The van der Waals surface area contributed by atoms with Gasteiger partial charge in [-0.1, -0.05) is 24.3 Å². The Labute approximate surface area is 116 Å². The zero-order chi connectivity index (χ0) is 12.7. The third-order valence-corrected chi connectivity index (χ3v) is 5.23. The second-order valence-corrected chi connectivity index (χ2v) is 6.49. The molecule has 102 valence electrons. The van der Waals surface area contributed by atoms with Gasteiger partial charge in [-0.2, -0.15) is 0 Å². The van der Waals surface area contributed by atoms with Crippen molar-refractivity contribution in [2.24, 2.45) is 0 Å². The molecule has 3 aliphatic rings. The van der Waals surface area contributed by atoms with Crippen molar-refractivity contribution in [3.63, 3.8) is 0 Å². The fraction of sp³-hybridized carbons (Fsp3) is 0.647. The molecule has 0 radical (unpaired) electrons. The van der Waals surface area contributed by atoms with E-state index in [0.717, 1.165) is 24.5 Å². The quantitative estimate of drug-likeness (QED) is 0.891. The van der Waals surface area contributed by atoms with Crippen LogP contribution in [0.2, 0.25) is 0 Å². The van der Waals surface area contributed by atoms with Crippen LogP contribution in [0.15, 0.2) is 24.3 Å². The molecule has 0 amide bonds. The molecule has 2 heterocycles. The minimum Gasteiger partial charge on any atom is -0.308 e. The zero-order valence-corrected chi connectivity index (χ0v) is 11.6. The van der Waals surface area contributed by atoms with Crippen molar-refractivity contribution in [3.05, 3.63) is 35.4 Å². The molecule has 1 aliphatic carbocycles. The average molecular weight is 256 g/mol. The SMILES string of the molecule is c1ccc(C2CC2)c(CNC2CCN3CCCC23)c1. The lowest BCUT2D eigenvalue weighted by Crippen LogP contribution is -2.38. The summed E-state index contributed by atoms with van der Waals surface area (Å²) in [4.78, 5) is 2.68. The van der Waals surface area contributed by atoms with E-state index >= 15 is 0 Å². The van der Waals surface area contributed by atoms with Gasteiger partial charge in [-0.25, -0.2) is 0 Å². The van der Waals surface area contributed by atoms with Crippen molar-refractivity contribution in [2.45, 2.75) is 56.7 Å². The fourth-order valence-electron chi connectivity index (χ4n) is 4.05. The molecule has 4 rings (SSSR count). The smallest absolute Gasteiger partial charge is 0.0250 e. The first-order chi connectivity index (χ1) is 9.42. The van der Waals surface area contributed by atoms with Crippen LogP contribution in [0.1, 0.15) is 49.1 Å². The van der Waals surface area contributed by atoms with Gasteiger partial charge in [-0.3, -0.25) is 4.90 Å². The monoisotopic (exact) mass is 256 g/mol. The minimum atomic E-state index is 0.731. The van der Waals surface area contributed by atoms with E-state index in [1.54, 1.807) is 11.1 Å². The minimum absolute atomic E-state index is 0.731. The Hall–Kier alpha value is -0.860. The van der Waals surface area contributed by atoms with Crippen molar-refractivity contribution >= 4 is 0 Å². The van der Waals surface area contributed by atoms with Crippen molar-refractivity contribution in [3.8, 4) is 0 Å². The maximum atomic E-state index is 3.85. The number of nitrogens with one attached hydrogen (secondary N) is 1. The maximum absolute atomic E-state index is 3.85. The highest BCUT2D eigenvalue weighted by Gasteiger charge is 2.36. The first-order valence-corrected chi connectivity index (χ1v) is 7.97. The van der Waals surface area contributed by atoms with Crippen molar-refractivity contribution in [2.75, 3.05) is 13.1 Å². The molecule has 2 aliphatic heterocycles. The van der Waals surface area contributed by atoms with E-state index in [4.69, 9.17) is 0 Å². The van der Waals surface area contributed by atoms with E-state index in [-0.39, 0.29) is 0 Å². The molecule has 3 fully saturated rings. The number of nitrogens with zero attached hydrogens (tertiary/aromatic N) is 1. The number of fused-ring (bicyclic) bond motifs is 1. The second kappa shape index (κ2) is 4.92. The Morgan fingerprint density at radius 2 is 1.95 bits per heavy atom. The van der Waals surface area contributed by atoms with Crippen LogP contribution in [0.4, 0.5) is 0 Å². The molecule has 19 heavy (non-hydrogen) atoms. The van der Waals surface area contributed by atoms with Crippen LogP contribution in [0.3, 0.4) is 0 Å². The highest BCUT2D eigenvalue weighted by Crippen LogP contribution is 2.41. The number of rotatable bonds is 4. The van der Waals surface area contributed by atoms with E-state index in [0.29, 0.717) is 0 Å². The summed E-state index contributed by atoms with van der Waals surface area (Å²) >= 11 is 0. The summed E-state index contributed by atoms with van der Waals surface area (Å²) < 4.78 is 0. The predicted octanol–water partition coefficient (Wildman–Crippen LogP) is 2.89. The Bertz CT molecular complexity index is 452. The fourth-order valence-corrected chi connectivity index (χ4v) is 4.05. The van der Waals surface area contributed by atoms with Gasteiger partial charge in [-0.15, -0.1) is 0 Å². The third kappa shape index (κ3) is 2.32. The molecule has 1 aromatic carbocycles. The molecule has 1 N–H and O–H groups in total. The Morgan fingerprint density at radius 1 is 1.05 bits per heavy atom. The number of hydrogen-bond donors (Lipinski definition) is 1. The summed E-state index contributed by atoms with van der Waals surface area (Å²) in [5, 5.41) is 3.85. The molecule has 1 aromatic rings. The maximum Gasteiger partial charge on any atom is 0.0250 e. The van der Waals surface area contributed by atoms with Crippen LogP contribution in [0.5, 0.6) is 0 Å². The van der Waals surface area contributed by atoms with Gasteiger partial charge in [0.15, 0.2) is 0 Å². The van der Waals surface area contributed by atoms with Gasteiger partial charge >= 0.3 is 0 Å².